The van der Waals surface area contributed by atoms with Crippen molar-refractivity contribution in [3.63, 3.8) is 0 Å². The summed E-state index contributed by atoms with van der Waals surface area (Å²) in [5.41, 5.74) is 4.66. The van der Waals surface area contributed by atoms with E-state index in [1.165, 1.54) is 5.69 Å². The molecule has 2 aliphatic rings. The Hall–Kier alpha value is -4.05. The minimum atomic E-state index is -3.21. The van der Waals surface area contributed by atoms with Gasteiger partial charge in [-0.3, -0.25) is 4.68 Å². The monoisotopic (exact) mass is 627 g/mol. The van der Waals surface area contributed by atoms with Crippen LogP contribution in [0.1, 0.15) is 38.5 Å². The summed E-state index contributed by atoms with van der Waals surface area (Å²) in [5.74, 6) is 0.358. The van der Waals surface area contributed by atoms with Gasteiger partial charge in [0.05, 0.1) is 22.5 Å². The lowest BCUT2D eigenvalue weighted by molar-refractivity contribution is 0.313. The first-order valence-corrected chi connectivity index (χ1v) is 17.4. The second kappa shape index (κ2) is 13.9. The first kappa shape index (κ1) is 31.0. The molecule has 0 spiro atoms. The van der Waals surface area contributed by atoms with Crippen LogP contribution in [0.25, 0.3) is 22.2 Å². The van der Waals surface area contributed by atoms with E-state index in [0.29, 0.717) is 38.3 Å². The van der Waals surface area contributed by atoms with E-state index >= 15 is 0 Å². The quantitative estimate of drug-likeness (QED) is 0.201. The van der Waals surface area contributed by atoms with Crippen LogP contribution in [0.4, 0.5) is 17.3 Å². The number of benzene rings is 2. The molecule has 4 aromatic rings. The lowest BCUT2D eigenvalue weighted by Gasteiger charge is -2.34. The summed E-state index contributed by atoms with van der Waals surface area (Å²) in [6, 6.07) is 18.7. The number of aryl methyl sites for hydroxylation is 1. The van der Waals surface area contributed by atoms with Gasteiger partial charge in [-0.2, -0.15) is 10.4 Å². The number of nitriles is 1. The maximum Gasteiger partial charge on any atom is 0.227 e. The van der Waals surface area contributed by atoms with E-state index in [1.54, 1.807) is 0 Å². The van der Waals surface area contributed by atoms with E-state index in [9.17, 15) is 13.7 Å². The fourth-order valence-electron chi connectivity index (χ4n) is 5.85. The molecule has 2 aromatic carbocycles. The van der Waals surface area contributed by atoms with Gasteiger partial charge < -0.3 is 15.1 Å². The van der Waals surface area contributed by atoms with Crippen molar-refractivity contribution in [3.05, 3.63) is 60.9 Å². The summed E-state index contributed by atoms with van der Waals surface area (Å²) < 4.78 is 29.0. The average Bonchev–Trinajstić information content (AvgIpc) is 3.48. The Morgan fingerprint density at radius 2 is 1.89 bits per heavy atom. The van der Waals surface area contributed by atoms with Gasteiger partial charge in [0.15, 0.2) is 0 Å². The Morgan fingerprint density at radius 1 is 1.07 bits per heavy atom. The maximum atomic E-state index is 12.2. The summed E-state index contributed by atoms with van der Waals surface area (Å²) in [4.78, 5) is 14.2. The van der Waals surface area contributed by atoms with E-state index in [2.05, 4.69) is 56.1 Å². The molecule has 236 valence electrons. The van der Waals surface area contributed by atoms with Crippen LogP contribution >= 0.6 is 0 Å². The summed E-state index contributed by atoms with van der Waals surface area (Å²) >= 11 is 0. The number of aromatic nitrogens is 4. The van der Waals surface area contributed by atoms with Crippen LogP contribution in [0, 0.1) is 17.2 Å². The predicted octanol–water partition coefficient (Wildman–Crippen LogP) is 4.77. The summed E-state index contributed by atoms with van der Waals surface area (Å²) in [5, 5.41) is 18.6. The molecule has 6 rings (SSSR count). The maximum absolute atomic E-state index is 12.2. The average molecular weight is 628 g/mol. The number of anilines is 3. The minimum Gasteiger partial charge on any atom is -0.369 e. The van der Waals surface area contributed by atoms with Crippen LogP contribution in [0.5, 0.6) is 0 Å². The molecule has 12 heteroatoms. The lowest BCUT2D eigenvalue weighted by atomic mass is 10.0. The highest BCUT2D eigenvalue weighted by atomic mass is 32.2. The zero-order valence-corrected chi connectivity index (χ0v) is 26.6. The Bertz CT molecular complexity index is 1760. The zero-order valence-electron chi connectivity index (χ0n) is 25.8. The Balaban J connectivity index is 1.08. The second-order valence-corrected chi connectivity index (χ2v) is 14.2. The van der Waals surface area contributed by atoms with E-state index in [-0.39, 0.29) is 11.2 Å². The number of hydrogen-bond donors (Lipinski definition) is 2. The number of hydrogen-bond acceptors (Lipinski definition) is 9. The van der Waals surface area contributed by atoms with Crippen LogP contribution < -0.4 is 14.9 Å². The molecular weight excluding hydrogens is 586 g/mol. The number of para-hydroxylation sites is 1. The van der Waals surface area contributed by atoms with Crippen molar-refractivity contribution < 1.29 is 8.42 Å². The first-order valence-electron chi connectivity index (χ1n) is 15.9. The molecule has 1 atom stereocenters. The van der Waals surface area contributed by atoms with Gasteiger partial charge in [-0.1, -0.05) is 30.7 Å². The van der Waals surface area contributed by atoms with Crippen molar-refractivity contribution in [1.82, 2.24) is 29.4 Å². The van der Waals surface area contributed by atoms with Gasteiger partial charge in [-0.05, 0) is 63.4 Å². The molecule has 2 N–H and O–H groups in total. The number of rotatable bonds is 13. The normalized spacial score (nSPS) is 16.8. The fraction of sp³-hybridized carbons (Fsp3) is 0.455. The van der Waals surface area contributed by atoms with Crippen molar-refractivity contribution >= 4 is 38.2 Å². The molecule has 0 radical (unpaired) electrons. The molecule has 1 saturated heterocycles. The van der Waals surface area contributed by atoms with E-state index in [1.807, 2.05) is 47.4 Å². The van der Waals surface area contributed by atoms with Gasteiger partial charge in [0.2, 0.25) is 16.0 Å². The van der Waals surface area contributed by atoms with Crippen molar-refractivity contribution in [2.75, 3.05) is 50.0 Å². The molecule has 45 heavy (non-hydrogen) atoms. The highest BCUT2D eigenvalue weighted by molar-refractivity contribution is 7.90. The van der Waals surface area contributed by atoms with Gasteiger partial charge in [0.1, 0.15) is 0 Å². The van der Waals surface area contributed by atoms with Crippen molar-refractivity contribution in [3.8, 4) is 17.3 Å². The van der Waals surface area contributed by atoms with Gasteiger partial charge >= 0.3 is 0 Å². The van der Waals surface area contributed by atoms with E-state index in [4.69, 9.17) is 10.1 Å². The summed E-state index contributed by atoms with van der Waals surface area (Å²) in [7, 11) is -1.05. The molecule has 11 nitrogen and oxygen atoms in total. The molecule has 1 aliphatic heterocycles. The van der Waals surface area contributed by atoms with E-state index < -0.39 is 10.0 Å². The predicted molar refractivity (Wildman–Crippen MR) is 178 cm³/mol. The Morgan fingerprint density at radius 3 is 2.67 bits per heavy atom. The molecule has 2 aromatic heterocycles. The number of nitrogens with zero attached hydrogens (tertiary/aromatic N) is 7. The topological polar surface area (TPSA) is 132 Å². The first-order chi connectivity index (χ1) is 21.9. The van der Waals surface area contributed by atoms with Crippen LogP contribution in [-0.2, 0) is 16.6 Å². The Kier molecular flexibility index (Phi) is 9.59. The third-order valence-electron chi connectivity index (χ3n) is 8.91. The highest BCUT2D eigenvalue weighted by Gasteiger charge is 2.30. The third-order valence-corrected chi connectivity index (χ3v) is 10.9. The summed E-state index contributed by atoms with van der Waals surface area (Å²) in [6.07, 6.45) is 8.17. The smallest absolute Gasteiger partial charge is 0.227 e. The largest absolute Gasteiger partial charge is 0.369 e. The Labute approximate surface area is 265 Å². The number of nitrogens with one attached hydrogen (secondary N) is 2. The zero-order chi connectivity index (χ0) is 31.2. The minimum absolute atomic E-state index is 0.167. The molecular formula is C33H41N9O2S. The molecule has 1 unspecified atom stereocenters. The SMILES string of the molecule is CN1CCN(c2cccc(Nc3ncc4cccc(-c5ccn(CCC(C#N)CCCNS(=O)(=O)C6CCC6)n5)c4n3)c2)CC1. The highest BCUT2D eigenvalue weighted by Crippen LogP contribution is 2.29. The van der Waals surface area contributed by atoms with Gasteiger partial charge in [-0.25, -0.2) is 23.1 Å². The van der Waals surface area contributed by atoms with Gasteiger partial charge in [-0.15, -0.1) is 0 Å². The summed E-state index contributed by atoms with van der Waals surface area (Å²) in [6.45, 7) is 5.09. The molecule has 3 heterocycles. The van der Waals surface area contributed by atoms with Crippen LogP contribution in [0.3, 0.4) is 0 Å². The molecule has 0 amide bonds. The van der Waals surface area contributed by atoms with Crippen LogP contribution in [0.15, 0.2) is 60.9 Å². The van der Waals surface area contributed by atoms with Crippen molar-refractivity contribution in [1.29, 1.82) is 5.26 Å². The fourth-order valence-corrected chi connectivity index (χ4v) is 7.47. The number of piperazine rings is 1. The number of likely N-dealkylation sites (N-methyl/N-ethyl adjacent to an activating group) is 1. The third kappa shape index (κ3) is 7.61. The van der Waals surface area contributed by atoms with Crippen LogP contribution in [-0.4, -0.2) is 78.1 Å². The van der Waals surface area contributed by atoms with Crippen molar-refractivity contribution in [2.45, 2.75) is 50.3 Å². The van der Waals surface area contributed by atoms with Crippen molar-refractivity contribution in [2.24, 2.45) is 5.92 Å². The molecule has 2 fully saturated rings. The standard InChI is InChI=1S/C33H41N9O2S/c1-40-18-20-41(21-19-40)28-9-3-8-27(22-28)37-33-35-24-26-7-2-12-30(32(26)38-33)31-14-17-42(39-31)16-13-25(23-34)6-5-15-36-45(43,44)29-10-4-11-29/h2-3,7-9,12,14,17,22,24-25,29,36H,4-6,10-11,13,15-16,18-21H2,1H3,(H,35,37,38). The second-order valence-electron chi connectivity index (χ2n) is 12.1. The van der Waals surface area contributed by atoms with E-state index in [0.717, 1.165) is 73.3 Å². The van der Waals surface area contributed by atoms with Crippen LogP contribution in [0.2, 0.25) is 0 Å². The number of sulfonamides is 1. The molecule has 1 saturated carbocycles. The molecule has 0 bridgehead atoms. The lowest BCUT2D eigenvalue weighted by Crippen LogP contribution is -2.44. The number of fused-ring (bicyclic) bond motifs is 1. The van der Waals surface area contributed by atoms with Gasteiger partial charge in [0.25, 0.3) is 0 Å². The molecule has 1 aliphatic carbocycles. The van der Waals surface area contributed by atoms with Gasteiger partial charge in [0, 0.05) is 79.9 Å².